The van der Waals surface area contributed by atoms with Crippen LogP contribution in [0.3, 0.4) is 0 Å². The molecule has 2 atom stereocenters. The number of hydrogen-bond acceptors (Lipinski definition) is 3. The maximum Gasteiger partial charge on any atom is 0.236 e. The van der Waals surface area contributed by atoms with Crippen molar-refractivity contribution in [2.24, 2.45) is 11.1 Å². The fourth-order valence-electron chi connectivity index (χ4n) is 1.23. The summed E-state index contributed by atoms with van der Waals surface area (Å²) in [5.41, 5.74) is 5.49. The maximum absolute atomic E-state index is 11.3. The Bertz CT molecular complexity index is 190. The predicted molar refractivity (Wildman–Crippen MR) is 64.0 cm³/mol. The molecule has 0 aliphatic rings. The van der Waals surface area contributed by atoms with E-state index in [1.165, 1.54) is 0 Å². The van der Waals surface area contributed by atoms with Gasteiger partial charge in [0, 0.05) is 0 Å². The van der Waals surface area contributed by atoms with Crippen molar-refractivity contribution in [3.63, 3.8) is 0 Å². The minimum absolute atomic E-state index is 0. The Morgan fingerprint density at radius 3 is 2.20 bits per heavy atom. The summed E-state index contributed by atoms with van der Waals surface area (Å²) in [5.74, 6) is -0.215. The van der Waals surface area contributed by atoms with Gasteiger partial charge < -0.3 is 16.2 Å². The first-order valence-corrected chi connectivity index (χ1v) is 4.93. The highest BCUT2D eigenvalue weighted by atomic mass is 35.5. The van der Waals surface area contributed by atoms with E-state index in [1.54, 1.807) is 6.92 Å². The molecule has 0 aliphatic carbocycles. The van der Waals surface area contributed by atoms with Crippen LogP contribution < -0.4 is 11.1 Å². The van der Waals surface area contributed by atoms with Crippen molar-refractivity contribution in [1.82, 2.24) is 5.32 Å². The van der Waals surface area contributed by atoms with Crippen molar-refractivity contribution < 1.29 is 9.90 Å². The molecule has 0 saturated heterocycles. The van der Waals surface area contributed by atoms with E-state index in [4.69, 9.17) is 10.8 Å². The molecule has 4 N–H and O–H groups in total. The van der Waals surface area contributed by atoms with Crippen LogP contribution >= 0.6 is 12.4 Å². The van der Waals surface area contributed by atoms with Gasteiger partial charge in [-0.15, -0.1) is 12.4 Å². The van der Waals surface area contributed by atoms with Gasteiger partial charge in [0.1, 0.15) is 0 Å². The molecule has 0 aromatic carbocycles. The Hall–Kier alpha value is -0.320. The molecule has 92 valence electrons. The zero-order chi connectivity index (χ0) is 11.4. The van der Waals surface area contributed by atoms with Gasteiger partial charge in [-0.3, -0.25) is 4.79 Å². The van der Waals surface area contributed by atoms with Crippen LogP contribution in [0, 0.1) is 5.41 Å². The summed E-state index contributed by atoms with van der Waals surface area (Å²) >= 11 is 0. The van der Waals surface area contributed by atoms with Gasteiger partial charge >= 0.3 is 0 Å². The topological polar surface area (TPSA) is 75.4 Å². The zero-order valence-electron chi connectivity index (χ0n) is 9.91. The second-order valence-corrected chi connectivity index (χ2v) is 4.94. The first-order valence-electron chi connectivity index (χ1n) is 4.93. The molecule has 15 heavy (non-hydrogen) atoms. The molecule has 0 radical (unpaired) electrons. The number of halogens is 1. The molecule has 0 aromatic rings. The molecule has 5 heteroatoms. The van der Waals surface area contributed by atoms with E-state index < -0.39 is 6.04 Å². The first kappa shape index (κ1) is 17.1. The lowest BCUT2D eigenvalue weighted by molar-refractivity contribution is -0.123. The smallest absolute Gasteiger partial charge is 0.236 e. The van der Waals surface area contributed by atoms with Crippen molar-refractivity contribution in [2.45, 2.75) is 46.2 Å². The lowest BCUT2D eigenvalue weighted by Gasteiger charge is -2.25. The maximum atomic E-state index is 11.3. The number of nitrogens with one attached hydrogen (secondary N) is 1. The summed E-state index contributed by atoms with van der Waals surface area (Å²) in [6.45, 7) is 7.77. The Morgan fingerprint density at radius 2 is 1.93 bits per heavy atom. The van der Waals surface area contributed by atoms with Crippen molar-refractivity contribution in [1.29, 1.82) is 0 Å². The van der Waals surface area contributed by atoms with Gasteiger partial charge in [-0.05, 0) is 18.8 Å². The number of carbonyl (C=O) groups excluding carboxylic acids is 1. The molecule has 0 aromatic heterocycles. The molecule has 0 heterocycles. The monoisotopic (exact) mass is 238 g/mol. The highest BCUT2D eigenvalue weighted by Crippen LogP contribution is 2.20. The van der Waals surface area contributed by atoms with Gasteiger partial charge in [0.15, 0.2) is 0 Å². The molecule has 0 aliphatic heterocycles. The standard InChI is InChI=1S/C10H22N2O2.ClH/c1-7(11)9(14)12-8(6-13)5-10(2,3)4;/h7-8,13H,5-6,11H2,1-4H3,(H,12,14);1H. The first-order chi connectivity index (χ1) is 6.26. The summed E-state index contributed by atoms with van der Waals surface area (Å²) in [4.78, 5) is 11.3. The largest absolute Gasteiger partial charge is 0.394 e. The molecule has 0 spiro atoms. The molecular formula is C10H23ClN2O2. The lowest BCUT2D eigenvalue weighted by atomic mass is 9.88. The fraction of sp³-hybridized carbons (Fsp3) is 0.900. The lowest BCUT2D eigenvalue weighted by Crippen LogP contribution is -2.46. The molecule has 0 bridgehead atoms. The average Bonchev–Trinajstić information content (AvgIpc) is 2.00. The van der Waals surface area contributed by atoms with Crippen LogP contribution in [-0.2, 0) is 4.79 Å². The molecular weight excluding hydrogens is 216 g/mol. The third-order valence-electron chi connectivity index (χ3n) is 1.84. The van der Waals surface area contributed by atoms with Crippen LogP contribution in [0.25, 0.3) is 0 Å². The van der Waals surface area contributed by atoms with E-state index in [2.05, 4.69) is 26.1 Å². The number of amides is 1. The number of carbonyl (C=O) groups is 1. The van der Waals surface area contributed by atoms with Gasteiger partial charge in [0.25, 0.3) is 0 Å². The van der Waals surface area contributed by atoms with Crippen LogP contribution in [0.5, 0.6) is 0 Å². The molecule has 0 rings (SSSR count). The predicted octanol–water partition coefficient (Wildman–Crippen LogP) is 0.669. The normalized spacial score (nSPS) is 15.1. The number of aliphatic hydroxyl groups excluding tert-OH is 1. The fourth-order valence-corrected chi connectivity index (χ4v) is 1.23. The second-order valence-electron chi connectivity index (χ2n) is 4.94. The Morgan fingerprint density at radius 1 is 1.47 bits per heavy atom. The van der Waals surface area contributed by atoms with E-state index in [9.17, 15) is 4.79 Å². The number of rotatable bonds is 4. The summed E-state index contributed by atoms with van der Waals surface area (Å²) in [7, 11) is 0. The second kappa shape index (κ2) is 7.04. The molecule has 4 nitrogen and oxygen atoms in total. The summed E-state index contributed by atoms with van der Waals surface area (Å²) in [5, 5.41) is 11.8. The quantitative estimate of drug-likeness (QED) is 0.674. The van der Waals surface area contributed by atoms with Gasteiger partial charge in [0.2, 0.25) is 5.91 Å². The van der Waals surface area contributed by atoms with E-state index in [0.29, 0.717) is 0 Å². The number of nitrogens with two attached hydrogens (primary N) is 1. The van der Waals surface area contributed by atoms with Gasteiger partial charge in [-0.1, -0.05) is 20.8 Å². The SMILES string of the molecule is CC(N)C(=O)NC(CO)CC(C)(C)C.Cl. The summed E-state index contributed by atoms with van der Waals surface area (Å²) in [6.07, 6.45) is 0.738. The molecule has 0 saturated carbocycles. The highest BCUT2D eigenvalue weighted by molar-refractivity contribution is 5.85. The number of aliphatic hydroxyl groups is 1. The van der Waals surface area contributed by atoms with Crippen molar-refractivity contribution in [2.75, 3.05) is 6.61 Å². The summed E-state index contributed by atoms with van der Waals surface area (Å²) < 4.78 is 0. The van der Waals surface area contributed by atoms with Crippen LogP contribution in [-0.4, -0.2) is 29.7 Å². The van der Waals surface area contributed by atoms with Crippen LogP contribution in [0.15, 0.2) is 0 Å². The van der Waals surface area contributed by atoms with E-state index >= 15 is 0 Å². The van der Waals surface area contributed by atoms with Gasteiger partial charge in [-0.2, -0.15) is 0 Å². The summed E-state index contributed by atoms with van der Waals surface area (Å²) in [6, 6.07) is -0.725. The Labute approximate surface area is 98.0 Å². The third-order valence-corrected chi connectivity index (χ3v) is 1.84. The van der Waals surface area contributed by atoms with E-state index in [-0.39, 0.29) is 36.4 Å². The number of hydrogen-bond donors (Lipinski definition) is 3. The highest BCUT2D eigenvalue weighted by Gasteiger charge is 2.20. The van der Waals surface area contributed by atoms with Gasteiger partial charge in [-0.25, -0.2) is 0 Å². The van der Waals surface area contributed by atoms with Crippen molar-refractivity contribution >= 4 is 18.3 Å². The zero-order valence-corrected chi connectivity index (χ0v) is 10.7. The van der Waals surface area contributed by atoms with Crippen molar-refractivity contribution in [3.05, 3.63) is 0 Å². The van der Waals surface area contributed by atoms with Gasteiger partial charge in [0.05, 0.1) is 18.7 Å². The van der Waals surface area contributed by atoms with Crippen molar-refractivity contribution in [3.8, 4) is 0 Å². The van der Waals surface area contributed by atoms with Crippen LogP contribution in [0.1, 0.15) is 34.1 Å². The van der Waals surface area contributed by atoms with E-state index in [0.717, 1.165) is 6.42 Å². The van der Waals surface area contributed by atoms with E-state index in [1.807, 2.05) is 0 Å². The molecule has 1 amide bonds. The van der Waals surface area contributed by atoms with Crippen LogP contribution in [0.4, 0.5) is 0 Å². The third kappa shape index (κ3) is 8.66. The average molecular weight is 239 g/mol. The minimum Gasteiger partial charge on any atom is -0.394 e. The minimum atomic E-state index is -0.524. The Balaban J connectivity index is 0. The Kier molecular flexibility index (Phi) is 8.02. The molecule has 2 unspecified atom stereocenters. The van der Waals surface area contributed by atoms with Crippen LogP contribution in [0.2, 0.25) is 0 Å². The molecule has 0 fully saturated rings.